The van der Waals surface area contributed by atoms with Gasteiger partial charge in [-0.15, -0.1) is 0 Å². The normalized spacial score (nSPS) is 18.4. The average molecular weight is 289 g/mol. The Morgan fingerprint density at radius 2 is 2.00 bits per heavy atom. The molecule has 0 aliphatic carbocycles. The number of nitrogens with one attached hydrogen (secondary N) is 1. The molecule has 1 aliphatic rings. The molecule has 1 atom stereocenters. The number of hydrogen-bond acceptors (Lipinski definition) is 3. The van der Waals surface area contributed by atoms with Gasteiger partial charge in [0.15, 0.2) is 0 Å². The Morgan fingerprint density at radius 3 is 2.67 bits per heavy atom. The van der Waals surface area contributed by atoms with Gasteiger partial charge >= 0.3 is 0 Å². The van der Waals surface area contributed by atoms with Crippen molar-refractivity contribution in [2.45, 2.75) is 32.2 Å². The van der Waals surface area contributed by atoms with Crippen LogP contribution in [0.4, 0.5) is 0 Å². The predicted molar refractivity (Wildman–Crippen MR) is 86.0 cm³/mol. The molecule has 4 nitrogen and oxygen atoms in total. The Morgan fingerprint density at radius 1 is 1.33 bits per heavy atom. The van der Waals surface area contributed by atoms with Gasteiger partial charge in [0, 0.05) is 13.1 Å². The molecule has 116 valence electrons. The molecule has 3 N–H and O–H groups in total. The van der Waals surface area contributed by atoms with Crippen LogP contribution in [0, 0.1) is 5.92 Å². The van der Waals surface area contributed by atoms with Crippen molar-refractivity contribution in [3.8, 4) is 0 Å². The summed E-state index contributed by atoms with van der Waals surface area (Å²) in [6, 6.07) is 9.45. The van der Waals surface area contributed by atoms with Gasteiger partial charge in [0.25, 0.3) is 0 Å². The SMILES string of the molecule is CC1CCN(CCNC(=O)[C@@H](N)Cc2ccccc2)CC1. The van der Waals surface area contributed by atoms with Crippen LogP contribution in [0.25, 0.3) is 0 Å². The number of nitrogens with zero attached hydrogens (tertiary/aromatic N) is 1. The summed E-state index contributed by atoms with van der Waals surface area (Å²) < 4.78 is 0. The number of piperidine rings is 1. The topological polar surface area (TPSA) is 58.4 Å². The molecule has 2 rings (SSSR count). The maximum absolute atomic E-state index is 12.0. The molecule has 0 unspecified atom stereocenters. The summed E-state index contributed by atoms with van der Waals surface area (Å²) in [6.07, 6.45) is 3.12. The number of likely N-dealkylation sites (tertiary alicyclic amines) is 1. The summed E-state index contributed by atoms with van der Waals surface area (Å²) in [5, 5.41) is 2.96. The summed E-state index contributed by atoms with van der Waals surface area (Å²) in [5.41, 5.74) is 7.06. The zero-order valence-electron chi connectivity index (χ0n) is 12.9. The standard InChI is InChI=1S/C17H27N3O/c1-14-7-10-20(11-8-14)12-9-19-17(21)16(18)13-15-5-3-2-4-6-15/h2-6,14,16H,7-13,18H2,1H3,(H,19,21)/t16-/m0/s1. The maximum atomic E-state index is 12.0. The van der Waals surface area contributed by atoms with Crippen LogP contribution in [0.1, 0.15) is 25.3 Å². The molecular formula is C17H27N3O. The molecule has 0 bridgehead atoms. The summed E-state index contributed by atoms with van der Waals surface area (Å²) in [5.74, 6) is 0.791. The second-order valence-corrected chi connectivity index (χ2v) is 6.11. The predicted octanol–water partition coefficient (Wildman–Crippen LogP) is 1.40. The van der Waals surface area contributed by atoms with Crippen LogP contribution in [-0.2, 0) is 11.2 Å². The lowest BCUT2D eigenvalue weighted by molar-refractivity contribution is -0.122. The molecule has 21 heavy (non-hydrogen) atoms. The van der Waals surface area contributed by atoms with Crippen molar-refractivity contribution in [2.75, 3.05) is 26.2 Å². The van der Waals surface area contributed by atoms with Crippen LogP contribution in [0.2, 0.25) is 0 Å². The molecule has 1 aliphatic heterocycles. The number of carbonyl (C=O) groups is 1. The van der Waals surface area contributed by atoms with Gasteiger partial charge < -0.3 is 16.0 Å². The van der Waals surface area contributed by atoms with Crippen molar-refractivity contribution in [2.24, 2.45) is 11.7 Å². The van der Waals surface area contributed by atoms with E-state index in [2.05, 4.69) is 17.1 Å². The Bertz CT molecular complexity index is 427. The molecule has 1 aromatic rings. The minimum absolute atomic E-state index is 0.0516. The second-order valence-electron chi connectivity index (χ2n) is 6.11. The summed E-state index contributed by atoms with van der Waals surface area (Å²) in [7, 11) is 0. The summed E-state index contributed by atoms with van der Waals surface area (Å²) >= 11 is 0. The molecule has 4 heteroatoms. The fourth-order valence-electron chi connectivity index (χ4n) is 2.71. The number of benzene rings is 1. The zero-order chi connectivity index (χ0) is 15.1. The fraction of sp³-hybridized carbons (Fsp3) is 0.588. The molecule has 1 heterocycles. The van der Waals surface area contributed by atoms with Gasteiger partial charge in [0.05, 0.1) is 6.04 Å². The first-order chi connectivity index (χ1) is 10.1. The third-order valence-corrected chi connectivity index (χ3v) is 4.24. The average Bonchev–Trinajstić information content (AvgIpc) is 2.50. The molecule has 1 saturated heterocycles. The van der Waals surface area contributed by atoms with Crippen LogP contribution in [0.15, 0.2) is 30.3 Å². The molecule has 1 aromatic carbocycles. The van der Waals surface area contributed by atoms with Crippen molar-refractivity contribution in [1.29, 1.82) is 0 Å². The highest BCUT2D eigenvalue weighted by Gasteiger charge is 2.17. The second kappa shape index (κ2) is 8.15. The lowest BCUT2D eigenvalue weighted by atomic mass is 9.99. The largest absolute Gasteiger partial charge is 0.353 e. The van der Waals surface area contributed by atoms with E-state index < -0.39 is 6.04 Å². The smallest absolute Gasteiger partial charge is 0.237 e. The van der Waals surface area contributed by atoms with Crippen LogP contribution >= 0.6 is 0 Å². The van der Waals surface area contributed by atoms with Gasteiger partial charge in [-0.05, 0) is 43.8 Å². The van der Waals surface area contributed by atoms with E-state index in [0.29, 0.717) is 13.0 Å². The van der Waals surface area contributed by atoms with Crippen molar-refractivity contribution < 1.29 is 4.79 Å². The van der Waals surface area contributed by atoms with E-state index in [4.69, 9.17) is 5.73 Å². The van der Waals surface area contributed by atoms with Gasteiger partial charge in [0.1, 0.15) is 0 Å². The molecule has 1 amide bonds. The Kier molecular flexibility index (Phi) is 6.21. The Balaban J connectivity index is 1.65. The molecular weight excluding hydrogens is 262 g/mol. The Hall–Kier alpha value is -1.39. The minimum atomic E-state index is -0.464. The van der Waals surface area contributed by atoms with Crippen molar-refractivity contribution in [3.63, 3.8) is 0 Å². The van der Waals surface area contributed by atoms with Crippen LogP contribution in [0.5, 0.6) is 0 Å². The minimum Gasteiger partial charge on any atom is -0.353 e. The lowest BCUT2D eigenvalue weighted by Gasteiger charge is -2.30. The highest BCUT2D eigenvalue weighted by atomic mass is 16.2. The first-order valence-electron chi connectivity index (χ1n) is 7.94. The Labute approximate surface area is 127 Å². The van der Waals surface area contributed by atoms with E-state index in [-0.39, 0.29) is 5.91 Å². The van der Waals surface area contributed by atoms with Crippen LogP contribution in [-0.4, -0.2) is 43.0 Å². The van der Waals surface area contributed by atoms with Gasteiger partial charge in [0.2, 0.25) is 5.91 Å². The van der Waals surface area contributed by atoms with E-state index in [0.717, 1.165) is 31.1 Å². The summed E-state index contributed by atoms with van der Waals surface area (Å²) in [4.78, 5) is 14.4. The number of hydrogen-bond donors (Lipinski definition) is 2. The highest BCUT2D eigenvalue weighted by molar-refractivity contribution is 5.81. The van der Waals surface area contributed by atoms with Crippen molar-refractivity contribution >= 4 is 5.91 Å². The lowest BCUT2D eigenvalue weighted by Crippen LogP contribution is -2.45. The first kappa shape index (κ1) is 16.0. The van der Waals surface area contributed by atoms with Gasteiger partial charge in [-0.25, -0.2) is 0 Å². The van der Waals surface area contributed by atoms with E-state index >= 15 is 0 Å². The summed E-state index contributed by atoms with van der Waals surface area (Å²) in [6.45, 7) is 6.22. The van der Waals surface area contributed by atoms with Gasteiger partial charge in [-0.3, -0.25) is 4.79 Å². The molecule has 0 spiro atoms. The van der Waals surface area contributed by atoms with Crippen molar-refractivity contribution in [1.82, 2.24) is 10.2 Å². The van der Waals surface area contributed by atoms with Gasteiger partial charge in [-0.2, -0.15) is 0 Å². The molecule has 1 fully saturated rings. The first-order valence-corrected chi connectivity index (χ1v) is 7.94. The monoisotopic (exact) mass is 289 g/mol. The third-order valence-electron chi connectivity index (χ3n) is 4.24. The van der Waals surface area contributed by atoms with E-state index in [9.17, 15) is 4.79 Å². The van der Waals surface area contributed by atoms with Crippen LogP contribution < -0.4 is 11.1 Å². The van der Waals surface area contributed by atoms with Gasteiger partial charge in [-0.1, -0.05) is 37.3 Å². The molecule has 0 radical (unpaired) electrons. The number of amides is 1. The number of rotatable bonds is 6. The van der Waals surface area contributed by atoms with Crippen molar-refractivity contribution in [3.05, 3.63) is 35.9 Å². The number of nitrogens with two attached hydrogens (primary N) is 1. The number of carbonyl (C=O) groups excluding carboxylic acids is 1. The third kappa shape index (κ3) is 5.48. The maximum Gasteiger partial charge on any atom is 0.237 e. The molecule has 0 saturated carbocycles. The highest BCUT2D eigenvalue weighted by Crippen LogP contribution is 2.15. The zero-order valence-corrected chi connectivity index (χ0v) is 12.9. The molecule has 0 aromatic heterocycles. The van der Waals surface area contributed by atoms with E-state index in [1.807, 2.05) is 30.3 Å². The van der Waals surface area contributed by atoms with E-state index in [1.165, 1.54) is 12.8 Å². The fourth-order valence-corrected chi connectivity index (χ4v) is 2.71. The van der Waals surface area contributed by atoms with E-state index in [1.54, 1.807) is 0 Å². The van der Waals surface area contributed by atoms with Crippen LogP contribution in [0.3, 0.4) is 0 Å². The quantitative estimate of drug-likeness (QED) is 0.832.